The van der Waals surface area contributed by atoms with Crippen LogP contribution in [0.25, 0.3) is 0 Å². The highest BCUT2D eigenvalue weighted by Crippen LogP contribution is 2.32. The lowest BCUT2D eigenvalue weighted by molar-refractivity contribution is -0.121. The molecule has 33 heavy (non-hydrogen) atoms. The van der Waals surface area contributed by atoms with Gasteiger partial charge in [-0.15, -0.1) is 0 Å². The number of benzene rings is 2. The number of amides is 3. The number of carbonyl (C=O) groups excluding carboxylic acids is 3. The van der Waals surface area contributed by atoms with Crippen molar-refractivity contribution in [3.05, 3.63) is 52.5 Å². The summed E-state index contributed by atoms with van der Waals surface area (Å²) in [5, 5.41) is 6.49. The Balaban J connectivity index is 1.71. The minimum atomic E-state index is -0.297. The maximum absolute atomic E-state index is 13.2. The van der Waals surface area contributed by atoms with E-state index in [9.17, 15) is 14.4 Å². The first kappa shape index (κ1) is 24.7. The third-order valence-corrected chi connectivity index (χ3v) is 6.14. The summed E-state index contributed by atoms with van der Waals surface area (Å²) in [5.41, 5.74) is 3.97. The van der Waals surface area contributed by atoms with E-state index in [4.69, 9.17) is 11.6 Å². The van der Waals surface area contributed by atoms with Gasteiger partial charge in [-0.1, -0.05) is 43.6 Å². The van der Waals surface area contributed by atoms with Crippen LogP contribution in [-0.2, 0) is 27.2 Å². The molecule has 2 aromatic carbocycles. The van der Waals surface area contributed by atoms with E-state index >= 15 is 0 Å². The fourth-order valence-electron chi connectivity index (χ4n) is 4.22. The predicted octanol–water partition coefficient (Wildman–Crippen LogP) is 4.10. The number of rotatable bonds is 7. The number of nitrogens with zero attached hydrogens (tertiary/aromatic N) is 2. The van der Waals surface area contributed by atoms with Gasteiger partial charge in [0.05, 0.1) is 24.5 Å². The van der Waals surface area contributed by atoms with E-state index in [1.807, 2.05) is 51.1 Å². The second-order valence-corrected chi connectivity index (χ2v) is 8.78. The molecule has 0 fully saturated rings. The number of hydrogen-bond donors (Lipinski definition) is 2. The number of halogens is 1. The molecule has 7 nitrogen and oxygen atoms in total. The molecule has 2 aromatic rings. The van der Waals surface area contributed by atoms with E-state index in [2.05, 4.69) is 10.6 Å². The molecule has 176 valence electrons. The van der Waals surface area contributed by atoms with Crippen molar-refractivity contribution in [2.75, 3.05) is 35.7 Å². The average Bonchev–Trinajstić information content (AvgIpc) is 2.87. The van der Waals surface area contributed by atoms with Gasteiger partial charge in [-0.25, -0.2) is 0 Å². The Morgan fingerprint density at radius 2 is 1.88 bits per heavy atom. The lowest BCUT2D eigenvalue weighted by atomic mass is 10.0. The Morgan fingerprint density at radius 1 is 1.15 bits per heavy atom. The van der Waals surface area contributed by atoms with Gasteiger partial charge in [0.15, 0.2) is 0 Å². The molecule has 0 spiro atoms. The second-order valence-electron chi connectivity index (χ2n) is 8.37. The zero-order chi connectivity index (χ0) is 24.1. The smallest absolute Gasteiger partial charge is 0.241 e. The number of fused-ring (bicyclic) bond motifs is 1. The Labute approximate surface area is 200 Å². The second kappa shape index (κ2) is 10.8. The number of carbonyl (C=O) groups is 3. The third kappa shape index (κ3) is 5.72. The minimum Gasteiger partial charge on any atom is -0.324 e. The maximum atomic E-state index is 13.2. The van der Waals surface area contributed by atoms with Gasteiger partial charge in [0, 0.05) is 23.2 Å². The lowest BCUT2D eigenvalue weighted by Crippen LogP contribution is -2.45. The van der Waals surface area contributed by atoms with Gasteiger partial charge in [0.2, 0.25) is 17.7 Å². The van der Waals surface area contributed by atoms with Gasteiger partial charge >= 0.3 is 0 Å². The van der Waals surface area contributed by atoms with Gasteiger partial charge < -0.3 is 15.5 Å². The van der Waals surface area contributed by atoms with Crippen LogP contribution in [0.5, 0.6) is 0 Å². The number of nitrogens with one attached hydrogen (secondary N) is 2. The molecule has 1 aliphatic heterocycles. The molecule has 1 aliphatic rings. The van der Waals surface area contributed by atoms with Crippen LogP contribution in [0.2, 0.25) is 5.02 Å². The third-order valence-electron chi connectivity index (χ3n) is 5.79. The van der Waals surface area contributed by atoms with E-state index < -0.39 is 0 Å². The molecule has 2 N–H and O–H groups in total. The standard InChI is InChI=1S/C25H31ClN4O3/c1-5-17-11-12-19(26)18(6-2)25(17)28-23(32)14-29(4)15-24(33)30-16(3)13-22(31)27-20-9-7-8-10-21(20)30/h7-12,16H,5-6,13-15H2,1-4H3,(H,27,31)(H,28,32)/t16-/m0/s1. The molecule has 0 unspecified atom stereocenters. The molecule has 3 amide bonds. The van der Waals surface area contributed by atoms with Crippen molar-refractivity contribution in [2.24, 2.45) is 0 Å². The van der Waals surface area contributed by atoms with Crippen molar-refractivity contribution in [1.82, 2.24) is 4.90 Å². The van der Waals surface area contributed by atoms with E-state index in [-0.39, 0.29) is 43.3 Å². The van der Waals surface area contributed by atoms with Crippen molar-refractivity contribution < 1.29 is 14.4 Å². The monoisotopic (exact) mass is 470 g/mol. The number of aryl methyl sites for hydroxylation is 1. The van der Waals surface area contributed by atoms with Crippen molar-refractivity contribution >= 4 is 46.4 Å². The molecule has 0 aromatic heterocycles. The van der Waals surface area contributed by atoms with Crippen molar-refractivity contribution in [3.63, 3.8) is 0 Å². The summed E-state index contributed by atoms with van der Waals surface area (Å²) in [5.74, 6) is -0.510. The molecule has 8 heteroatoms. The largest absolute Gasteiger partial charge is 0.324 e. The first-order chi connectivity index (χ1) is 15.7. The molecule has 1 atom stereocenters. The first-order valence-corrected chi connectivity index (χ1v) is 11.6. The fourth-order valence-corrected chi connectivity index (χ4v) is 4.51. The van der Waals surface area contributed by atoms with E-state index in [1.54, 1.807) is 22.9 Å². The van der Waals surface area contributed by atoms with Gasteiger partial charge in [-0.2, -0.15) is 0 Å². The van der Waals surface area contributed by atoms with Crippen LogP contribution in [0.1, 0.15) is 38.3 Å². The summed E-state index contributed by atoms with van der Waals surface area (Å²) in [6, 6.07) is 10.7. The number of hydrogen-bond acceptors (Lipinski definition) is 4. The van der Waals surface area contributed by atoms with Crippen molar-refractivity contribution in [1.29, 1.82) is 0 Å². The molecule has 0 radical (unpaired) electrons. The molecule has 0 bridgehead atoms. The number of para-hydroxylation sites is 2. The van der Waals surface area contributed by atoms with Crippen LogP contribution in [0.4, 0.5) is 17.1 Å². The molecular formula is C25H31ClN4O3. The highest BCUT2D eigenvalue weighted by atomic mass is 35.5. The average molecular weight is 471 g/mol. The van der Waals surface area contributed by atoms with Gasteiger partial charge in [0.1, 0.15) is 0 Å². The van der Waals surface area contributed by atoms with Crippen LogP contribution in [0.3, 0.4) is 0 Å². The lowest BCUT2D eigenvalue weighted by Gasteiger charge is -2.29. The van der Waals surface area contributed by atoms with Crippen LogP contribution in [-0.4, -0.2) is 48.8 Å². The van der Waals surface area contributed by atoms with E-state index in [0.29, 0.717) is 22.8 Å². The summed E-state index contributed by atoms with van der Waals surface area (Å²) in [6.45, 7) is 5.97. The Kier molecular flexibility index (Phi) is 8.10. The Bertz CT molecular complexity index is 1060. The maximum Gasteiger partial charge on any atom is 0.241 e. The highest BCUT2D eigenvalue weighted by Gasteiger charge is 2.30. The SMILES string of the molecule is CCc1ccc(Cl)c(CC)c1NC(=O)CN(C)CC(=O)N1c2ccccc2NC(=O)C[C@@H]1C. The normalized spacial score (nSPS) is 15.6. The molecule has 1 heterocycles. The van der Waals surface area contributed by atoms with Gasteiger partial charge in [0.25, 0.3) is 0 Å². The Morgan fingerprint density at radius 3 is 2.58 bits per heavy atom. The zero-order valence-corrected chi connectivity index (χ0v) is 20.3. The zero-order valence-electron chi connectivity index (χ0n) is 19.6. The number of anilines is 3. The van der Waals surface area contributed by atoms with Crippen LogP contribution < -0.4 is 15.5 Å². The van der Waals surface area contributed by atoms with E-state index in [1.165, 1.54) is 0 Å². The van der Waals surface area contributed by atoms with Crippen LogP contribution >= 0.6 is 11.6 Å². The topological polar surface area (TPSA) is 81.8 Å². The van der Waals surface area contributed by atoms with Crippen molar-refractivity contribution in [2.45, 2.75) is 46.1 Å². The minimum absolute atomic E-state index is 0.0388. The molecule has 0 saturated carbocycles. The molecule has 3 rings (SSSR count). The van der Waals surface area contributed by atoms with Gasteiger partial charge in [-0.05, 0) is 56.1 Å². The molecule has 0 saturated heterocycles. The molecular weight excluding hydrogens is 440 g/mol. The van der Waals surface area contributed by atoms with E-state index in [0.717, 1.165) is 23.2 Å². The highest BCUT2D eigenvalue weighted by molar-refractivity contribution is 6.32. The summed E-state index contributed by atoms with van der Waals surface area (Å²) in [6.07, 6.45) is 1.68. The first-order valence-electron chi connectivity index (χ1n) is 11.2. The summed E-state index contributed by atoms with van der Waals surface area (Å²) < 4.78 is 0. The van der Waals surface area contributed by atoms with Crippen LogP contribution in [0, 0.1) is 0 Å². The van der Waals surface area contributed by atoms with Crippen molar-refractivity contribution in [3.8, 4) is 0 Å². The predicted molar refractivity (Wildman–Crippen MR) is 133 cm³/mol. The molecule has 0 aliphatic carbocycles. The van der Waals surface area contributed by atoms with Crippen LogP contribution in [0.15, 0.2) is 36.4 Å². The Hall–Kier alpha value is -2.90. The quantitative estimate of drug-likeness (QED) is 0.638. The van der Waals surface area contributed by atoms with Gasteiger partial charge in [-0.3, -0.25) is 19.3 Å². The summed E-state index contributed by atoms with van der Waals surface area (Å²) >= 11 is 6.34. The fraction of sp³-hybridized carbons (Fsp3) is 0.400. The summed E-state index contributed by atoms with van der Waals surface area (Å²) in [7, 11) is 1.73. The summed E-state index contributed by atoms with van der Waals surface area (Å²) in [4.78, 5) is 41.5. The number of likely N-dealkylation sites (N-methyl/N-ethyl adjacent to an activating group) is 1.